The van der Waals surface area contributed by atoms with Gasteiger partial charge in [0.2, 0.25) is 6.85 Å². The molecular weight excluding hydrogens is 249 g/mol. The summed E-state index contributed by atoms with van der Waals surface area (Å²) in [4.78, 5) is 0. The first-order chi connectivity index (χ1) is 7.96. The molecular formula is C14H36BNSi2. The highest BCUT2D eigenvalue weighted by Crippen LogP contribution is 2.35. The summed E-state index contributed by atoms with van der Waals surface area (Å²) >= 11 is 0. The average molecular weight is 285 g/mol. The van der Waals surface area contributed by atoms with E-state index in [4.69, 9.17) is 0 Å². The lowest BCUT2D eigenvalue weighted by Crippen LogP contribution is -2.67. The molecule has 0 radical (unpaired) electrons. The summed E-state index contributed by atoms with van der Waals surface area (Å²) in [5.41, 5.74) is 0. The zero-order chi connectivity index (χ0) is 14.7. The van der Waals surface area contributed by atoms with E-state index in [0.717, 1.165) is 18.5 Å². The van der Waals surface area contributed by atoms with Gasteiger partial charge in [0.15, 0.2) is 0 Å². The Bertz CT molecular complexity index is 221. The van der Waals surface area contributed by atoms with E-state index in [2.05, 4.69) is 71.1 Å². The predicted octanol–water partition coefficient (Wildman–Crippen LogP) is 5.55. The molecule has 2 unspecified atom stereocenters. The smallest absolute Gasteiger partial charge is 0.215 e. The maximum Gasteiger partial charge on any atom is 0.215 e. The average Bonchev–Trinajstić information content (AvgIpc) is 2.19. The van der Waals surface area contributed by atoms with Crippen LogP contribution in [-0.2, 0) is 0 Å². The fourth-order valence-electron chi connectivity index (χ4n) is 3.45. The second-order valence-electron chi connectivity index (χ2n) is 7.97. The molecule has 0 aromatic heterocycles. The van der Waals surface area contributed by atoms with Crippen LogP contribution >= 0.6 is 0 Å². The molecule has 4 heteroatoms. The maximum absolute atomic E-state index is 3.03. The minimum atomic E-state index is -1.25. The topological polar surface area (TPSA) is 3.24 Å². The van der Waals surface area contributed by atoms with Gasteiger partial charge in [-0.05, 0) is 0 Å². The molecule has 0 saturated carbocycles. The van der Waals surface area contributed by atoms with Gasteiger partial charge < -0.3 is 4.14 Å². The van der Waals surface area contributed by atoms with Crippen molar-refractivity contribution in [2.24, 2.45) is 0 Å². The summed E-state index contributed by atoms with van der Waals surface area (Å²) in [6.45, 7) is 25.6. The van der Waals surface area contributed by atoms with E-state index < -0.39 is 16.5 Å². The third kappa shape index (κ3) is 4.86. The van der Waals surface area contributed by atoms with Gasteiger partial charge in [-0.3, -0.25) is 0 Å². The standard InChI is InChI=1S/C14H36BNSi2/c1-11-13(3)15(14(4)12-2)16(17(5,6)7)18(8,9)10/h13-14H,11-12H2,1-10H3. The molecule has 0 aromatic rings. The number of hydrogen-bond acceptors (Lipinski definition) is 1. The largest absolute Gasteiger partial charge is 0.387 e. The fourth-order valence-corrected chi connectivity index (χ4v) is 14.3. The first-order valence-corrected chi connectivity index (χ1v) is 14.7. The lowest BCUT2D eigenvalue weighted by Gasteiger charge is -2.51. The quantitative estimate of drug-likeness (QED) is 0.554. The summed E-state index contributed by atoms with van der Waals surface area (Å²) in [5, 5.41) is 0. The molecule has 0 N–H and O–H groups in total. The second-order valence-corrected chi connectivity index (χ2v) is 18.1. The molecule has 0 amide bonds. The normalized spacial score (nSPS) is 16.8. The molecule has 2 atom stereocenters. The monoisotopic (exact) mass is 285 g/mol. The van der Waals surface area contributed by atoms with E-state index >= 15 is 0 Å². The van der Waals surface area contributed by atoms with Crippen molar-refractivity contribution < 1.29 is 0 Å². The number of hydrogen-bond donors (Lipinski definition) is 0. The molecule has 0 rings (SSSR count). The Morgan fingerprint density at radius 2 is 1.06 bits per heavy atom. The van der Waals surface area contributed by atoms with E-state index in [1.54, 1.807) is 0 Å². The summed E-state index contributed by atoms with van der Waals surface area (Å²) in [6.07, 6.45) is 2.61. The van der Waals surface area contributed by atoms with Crippen molar-refractivity contribution in [3.05, 3.63) is 0 Å². The first kappa shape index (κ1) is 18.5. The number of nitrogens with zero attached hydrogens (tertiary/aromatic N) is 1. The van der Waals surface area contributed by atoms with Crippen LogP contribution in [0.3, 0.4) is 0 Å². The molecule has 108 valence electrons. The van der Waals surface area contributed by atoms with E-state index in [1.165, 1.54) is 12.8 Å². The van der Waals surface area contributed by atoms with Crippen molar-refractivity contribution in [2.45, 2.75) is 91.5 Å². The molecule has 0 heterocycles. The first-order valence-electron chi connectivity index (χ1n) is 7.76. The van der Waals surface area contributed by atoms with Crippen molar-refractivity contribution in [1.82, 2.24) is 4.14 Å². The zero-order valence-electron chi connectivity index (χ0n) is 14.6. The summed E-state index contributed by atoms with van der Waals surface area (Å²) in [7, 11) is -2.50. The highest BCUT2D eigenvalue weighted by molar-refractivity contribution is 6.99. The zero-order valence-corrected chi connectivity index (χ0v) is 16.6. The minimum Gasteiger partial charge on any atom is -0.387 e. The lowest BCUT2D eigenvalue weighted by molar-refractivity contribution is 0.712. The van der Waals surface area contributed by atoms with Crippen LogP contribution in [-0.4, -0.2) is 27.5 Å². The van der Waals surface area contributed by atoms with Crippen LogP contribution in [0.2, 0.25) is 50.9 Å². The van der Waals surface area contributed by atoms with Gasteiger partial charge in [0, 0.05) is 0 Å². The van der Waals surface area contributed by atoms with Crippen molar-refractivity contribution in [2.75, 3.05) is 0 Å². The molecule has 0 aromatic carbocycles. The molecule has 0 fully saturated rings. The second kappa shape index (κ2) is 6.76. The van der Waals surface area contributed by atoms with Gasteiger partial charge in [0.25, 0.3) is 0 Å². The van der Waals surface area contributed by atoms with Gasteiger partial charge in [0.1, 0.15) is 16.5 Å². The molecule has 0 bridgehead atoms. The third-order valence-corrected chi connectivity index (χ3v) is 11.7. The maximum atomic E-state index is 3.03. The Hall–Kier alpha value is 0.459. The Morgan fingerprint density at radius 1 is 0.778 bits per heavy atom. The van der Waals surface area contributed by atoms with Gasteiger partial charge in [0.05, 0.1) is 0 Å². The SMILES string of the molecule is CCC(C)B(C(C)CC)N([Si](C)(C)C)[Si](C)(C)C. The van der Waals surface area contributed by atoms with Crippen molar-refractivity contribution in [3.8, 4) is 0 Å². The van der Waals surface area contributed by atoms with Gasteiger partial charge in [-0.2, -0.15) is 0 Å². The van der Waals surface area contributed by atoms with Gasteiger partial charge in [-0.25, -0.2) is 0 Å². The van der Waals surface area contributed by atoms with E-state index in [9.17, 15) is 0 Å². The highest BCUT2D eigenvalue weighted by Gasteiger charge is 2.44. The van der Waals surface area contributed by atoms with Gasteiger partial charge >= 0.3 is 0 Å². The van der Waals surface area contributed by atoms with Crippen LogP contribution in [0.1, 0.15) is 40.5 Å². The van der Waals surface area contributed by atoms with Crippen molar-refractivity contribution in [3.63, 3.8) is 0 Å². The van der Waals surface area contributed by atoms with E-state index in [-0.39, 0.29) is 0 Å². The third-order valence-electron chi connectivity index (χ3n) is 4.20. The Kier molecular flexibility index (Phi) is 6.93. The highest BCUT2D eigenvalue weighted by atomic mass is 28.4. The van der Waals surface area contributed by atoms with Crippen LogP contribution in [0, 0.1) is 0 Å². The van der Waals surface area contributed by atoms with Crippen LogP contribution < -0.4 is 0 Å². The van der Waals surface area contributed by atoms with E-state index in [1.807, 2.05) is 0 Å². The van der Waals surface area contributed by atoms with Crippen LogP contribution in [0.4, 0.5) is 0 Å². The van der Waals surface area contributed by atoms with Crippen molar-refractivity contribution >= 4 is 23.3 Å². The van der Waals surface area contributed by atoms with E-state index in [0.29, 0.717) is 0 Å². The van der Waals surface area contributed by atoms with Gasteiger partial charge in [-0.15, -0.1) is 0 Å². The summed E-state index contributed by atoms with van der Waals surface area (Å²) in [6, 6.07) is 0. The Balaban J connectivity index is 5.50. The molecule has 0 aliphatic rings. The summed E-state index contributed by atoms with van der Waals surface area (Å²) in [5.74, 6) is 1.64. The number of rotatable bonds is 7. The van der Waals surface area contributed by atoms with Crippen molar-refractivity contribution in [1.29, 1.82) is 0 Å². The molecule has 0 spiro atoms. The van der Waals surface area contributed by atoms with Crippen LogP contribution in [0.5, 0.6) is 0 Å². The lowest BCUT2D eigenvalue weighted by atomic mass is 9.43. The summed E-state index contributed by atoms with van der Waals surface area (Å²) < 4.78 is 3.03. The minimum absolute atomic E-state index is 0.790. The molecule has 1 nitrogen and oxygen atoms in total. The molecule has 0 aliphatic carbocycles. The predicted molar refractivity (Wildman–Crippen MR) is 93.7 cm³/mol. The Labute approximate surface area is 119 Å². The van der Waals surface area contributed by atoms with Crippen LogP contribution in [0.25, 0.3) is 0 Å². The van der Waals surface area contributed by atoms with Gasteiger partial charge in [-0.1, -0.05) is 91.5 Å². The molecule has 0 aliphatic heterocycles. The Morgan fingerprint density at radius 3 is 1.22 bits per heavy atom. The van der Waals surface area contributed by atoms with Crippen LogP contribution in [0.15, 0.2) is 0 Å². The molecule has 18 heavy (non-hydrogen) atoms. The fraction of sp³-hybridized carbons (Fsp3) is 1.00. The molecule has 0 saturated heterocycles.